The summed E-state index contributed by atoms with van der Waals surface area (Å²) in [4.78, 5) is 35.7. The molecule has 0 radical (unpaired) electrons. The van der Waals surface area contributed by atoms with Gasteiger partial charge in [0.25, 0.3) is 11.6 Å². The lowest BCUT2D eigenvalue weighted by molar-refractivity contribution is -0.384. The van der Waals surface area contributed by atoms with Crippen LogP contribution < -0.4 is 18.9 Å². The topological polar surface area (TPSA) is 175 Å². The molecule has 2 N–H and O–H groups in total. The molecule has 1 saturated carbocycles. The van der Waals surface area contributed by atoms with Gasteiger partial charge in [-0.2, -0.15) is 0 Å². The maximum absolute atomic E-state index is 14.7. The van der Waals surface area contributed by atoms with Gasteiger partial charge in [0.1, 0.15) is 30.8 Å². The summed E-state index contributed by atoms with van der Waals surface area (Å²) in [5.74, 6) is 0.0975. The minimum Gasteiger partial charge on any atom is -0.492 e. The van der Waals surface area contributed by atoms with E-state index in [1.165, 1.54) is 12.1 Å². The fourth-order valence-corrected chi connectivity index (χ4v) is 9.68. The van der Waals surface area contributed by atoms with Crippen LogP contribution in [0.4, 0.5) is 5.69 Å². The van der Waals surface area contributed by atoms with Crippen LogP contribution in [-0.2, 0) is 16.2 Å². The molecule has 3 aromatic rings. The summed E-state index contributed by atoms with van der Waals surface area (Å²) in [6.45, 7) is 7.98. The predicted octanol–water partition coefficient (Wildman–Crippen LogP) is 6.62. The van der Waals surface area contributed by atoms with E-state index >= 15 is 0 Å². The minimum absolute atomic E-state index is 0.0211. The highest BCUT2D eigenvalue weighted by atomic mass is 16.7. The number of nitro groups is 1. The number of unbranched alkanes of at least 4 members (excludes halogenated alkanes) is 2. The normalized spacial score (nSPS) is 24.9. The minimum atomic E-state index is -1.43. The zero-order chi connectivity index (χ0) is 43.2. The number of likely N-dealkylation sites (N-methyl/N-ethyl adjacent to an activating group) is 1. The van der Waals surface area contributed by atoms with Crippen LogP contribution in [-0.4, -0.2) is 108 Å². The number of rotatable bonds is 21. The van der Waals surface area contributed by atoms with Gasteiger partial charge in [-0.1, -0.05) is 30.1 Å². The second kappa shape index (κ2) is 19.3. The lowest BCUT2D eigenvalue weighted by Crippen LogP contribution is -2.69. The second-order valence-electron chi connectivity index (χ2n) is 16.6. The smallest absolute Gasteiger partial charge is 0.269 e. The third-order valence-electron chi connectivity index (χ3n) is 12.8. The van der Waals surface area contributed by atoms with E-state index in [2.05, 4.69) is 23.6 Å². The van der Waals surface area contributed by atoms with E-state index in [0.717, 1.165) is 62.2 Å². The van der Waals surface area contributed by atoms with Crippen LogP contribution in [0.2, 0.25) is 0 Å². The van der Waals surface area contributed by atoms with Gasteiger partial charge in [0.15, 0.2) is 11.5 Å². The van der Waals surface area contributed by atoms with Gasteiger partial charge in [0.05, 0.1) is 23.2 Å². The van der Waals surface area contributed by atoms with Crippen molar-refractivity contribution in [3.05, 3.63) is 112 Å². The Morgan fingerprint density at radius 1 is 1.02 bits per heavy atom. The third-order valence-corrected chi connectivity index (χ3v) is 12.8. The molecule has 3 aromatic carbocycles. The maximum atomic E-state index is 14.7. The van der Waals surface area contributed by atoms with Crippen LogP contribution in [0.25, 0.3) is 0 Å². The molecule has 0 spiro atoms. The van der Waals surface area contributed by atoms with Crippen LogP contribution in [0.15, 0.2) is 90.1 Å². The van der Waals surface area contributed by atoms with E-state index in [-0.39, 0.29) is 69.0 Å². The number of aliphatic hydroxyl groups excluding tert-OH is 2. The number of hydrogen-bond donors (Lipinski definition) is 2. The number of non-ortho nitro benzene ring substituents is 1. The molecule has 3 aliphatic heterocycles. The molecule has 2 aliphatic carbocycles. The molecular weight excluding hydrogens is 797 g/mol. The van der Waals surface area contributed by atoms with E-state index < -0.39 is 22.7 Å². The van der Waals surface area contributed by atoms with Crippen LogP contribution in [0.5, 0.6) is 23.0 Å². The van der Waals surface area contributed by atoms with Crippen LogP contribution in [0.3, 0.4) is 0 Å². The van der Waals surface area contributed by atoms with E-state index in [1.807, 2.05) is 12.1 Å². The van der Waals surface area contributed by atoms with E-state index in [0.29, 0.717) is 53.5 Å². The first-order chi connectivity index (χ1) is 30.2. The molecule has 330 valence electrons. The van der Waals surface area contributed by atoms with Gasteiger partial charge in [-0.05, 0) is 97.2 Å². The maximum Gasteiger partial charge on any atom is 0.269 e. The number of allylic oxidation sites excluding steroid dienone is 1. The molecule has 15 nitrogen and oxygen atoms in total. The number of carbonyl (C=O) groups excluding carboxylic acids is 1. The largest absolute Gasteiger partial charge is 0.492 e. The van der Waals surface area contributed by atoms with Crippen LogP contribution in [0, 0.1) is 27.9 Å². The van der Waals surface area contributed by atoms with Crippen molar-refractivity contribution < 1.29 is 48.5 Å². The number of fused-ring (bicyclic) bond motifs is 3. The van der Waals surface area contributed by atoms with Crippen molar-refractivity contribution in [2.75, 3.05) is 59.9 Å². The van der Waals surface area contributed by atoms with Gasteiger partial charge in [-0.25, -0.2) is 0 Å². The summed E-state index contributed by atoms with van der Waals surface area (Å²) >= 11 is 0. The van der Waals surface area contributed by atoms with Gasteiger partial charge in [0, 0.05) is 75.5 Å². The number of nitro benzene ring substituents is 1. The summed E-state index contributed by atoms with van der Waals surface area (Å²) in [5.41, 5.74) is 3.58. The van der Waals surface area contributed by atoms with Crippen molar-refractivity contribution in [3.8, 4) is 23.0 Å². The second-order valence-corrected chi connectivity index (χ2v) is 16.6. The van der Waals surface area contributed by atoms with Crippen molar-refractivity contribution >= 4 is 17.3 Å². The molecule has 15 heteroatoms. The van der Waals surface area contributed by atoms with Gasteiger partial charge in [-0.15, -0.1) is 6.58 Å². The summed E-state index contributed by atoms with van der Waals surface area (Å²) < 4.78 is 31.9. The first-order valence-electron chi connectivity index (χ1n) is 21.7. The average Bonchev–Trinajstić information content (AvgIpc) is 3.99. The molecule has 8 rings (SSSR count). The molecule has 2 fully saturated rings. The third kappa shape index (κ3) is 9.03. The summed E-state index contributed by atoms with van der Waals surface area (Å²) in [6.07, 6.45) is 8.68. The first kappa shape index (κ1) is 43.2. The number of ether oxygens (including phenoxy) is 5. The number of carbonyl (C=O) groups is 1. The van der Waals surface area contributed by atoms with E-state index in [4.69, 9.17) is 33.7 Å². The Morgan fingerprint density at radius 3 is 2.52 bits per heavy atom. The monoisotopic (exact) mass is 852 g/mol. The first-order valence-corrected chi connectivity index (χ1v) is 21.7. The van der Waals surface area contributed by atoms with Gasteiger partial charge < -0.3 is 43.6 Å². The van der Waals surface area contributed by atoms with Crippen molar-refractivity contribution in [3.63, 3.8) is 0 Å². The number of nitrogens with zero attached hydrogens (tertiary/aromatic N) is 4. The van der Waals surface area contributed by atoms with Crippen molar-refractivity contribution in [1.29, 1.82) is 0 Å². The molecule has 5 aliphatic rings. The number of aliphatic hydroxyl groups is 2. The van der Waals surface area contributed by atoms with Crippen molar-refractivity contribution in [2.45, 2.75) is 69.3 Å². The predicted molar refractivity (Wildman–Crippen MR) is 229 cm³/mol. The molecule has 6 unspecified atom stereocenters. The molecular formula is C47H56N4O11. The van der Waals surface area contributed by atoms with Crippen LogP contribution >= 0.6 is 0 Å². The molecule has 3 heterocycles. The summed E-state index contributed by atoms with van der Waals surface area (Å²) in [5, 5.41) is 36.0. The SMILES string of the molecule is C=CCOC12Oc3ccc(OCCN4CC4)cc3C3C(CCCCO)C(CCCCO)C=C(C(=NOCc4ccc([N+](=O)[O-])cc4)CC1N(C)C(=O)c1ccc4c(c1)OCO4)C32. The molecule has 0 bridgehead atoms. The molecule has 0 aromatic heterocycles. The van der Waals surface area contributed by atoms with Crippen molar-refractivity contribution in [2.24, 2.45) is 22.9 Å². The average molecular weight is 853 g/mol. The number of oxime groups is 1. The fraction of sp³-hybridized carbons (Fsp3) is 0.489. The number of amides is 1. The Labute approximate surface area is 361 Å². The summed E-state index contributed by atoms with van der Waals surface area (Å²) in [7, 11) is 1.75. The van der Waals surface area contributed by atoms with Gasteiger partial charge in [-0.3, -0.25) is 19.8 Å². The molecule has 1 saturated heterocycles. The van der Waals surface area contributed by atoms with E-state index in [1.54, 1.807) is 48.4 Å². The molecule has 62 heavy (non-hydrogen) atoms. The summed E-state index contributed by atoms with van der Waals surface area (Å²) in [6, 6.07) is 16.5. The molecule has 6 atom stereocenters. The van der Waals surface area contributed by atoms with Crippen LogP contribution in [0.1, 0.15) is 72.3 Å². The van der Waals surface area contributed by atoms with Crippen molar-refractivity contribution in [1.82, 2.24) is 9.80 Å². The standard InChI is InChI=1S/C47H56N4O11/c1-3-23-60-47-43(49(2)46(54)33-12-16-41-42(26-33)59-30-58-41)28-39(48-61-29-31-10-13-34(14-11-31)51(55)56)37-25-32(8-4-6-21-52)36(9-5-7-22-53)44(45(37)47)38-27-35(15-17-40(38)62-47)57-24-20-50-18-19-50/h3,10-17,25-27,32,36,43-45,52-53H,1,4-9,18-24,28-30H2,2H3. The Morgan fingerprint density at radius 2 is 1.77 bits per heavy atom. The lowest BCUT2D eigenvalue weighted by Gasteiger charge is -2.59. The Kier molecular flexibility index (Phi) is 13.4. The van der Waals surface area contributed by atoms with Gasteiger partial charge >= 0.3 is 0 Å². The number of hydrogen-bond acceptors (Lipinski definition) is 13. The highest BCUT2D eigenvalue weighted by Gasteiger charge is 2.65. The Bertz CT molecular complexity index is 2160. The fourth-order valence-electron chi connectivity index (χ4n) is 9.68. The quantitative estimate of drug-likeness (QED) is 0.0386. The molecule has 1 amide bonds. The zero-order valence-electron chi connectivity index (χ0n) is 35.2. The van der Waals surface area contributed by atoms with Gasteiger partial charge in [0.2, 0.25) is 12.6 Å². The number of benzene rings is 3. The Balaban J connectivity index is 1.26. The zero-order valence-corrected chi connectivity index (χ0v) is 35.2. The Hall–Kier alpha value is -5.48. The lowest BCUT2D eigenvalue weighted by atomic mass is 9.55. The highest BCUT2D eigenvalue weighted by Crippen LogP contribution is 2.62. The highest BCUT2D eigenvalue weighted by molar-refractivity contribution is 6.03. The van der Waals surface area contributed by atoms with E-state index in [9.17, 15) is 25.1 Å².